The summed E-state index contributed by atoms with van der Waals surface area (Å²) in [4.78, 5) is 22.5. The van der Waals surface area contributed by atoms with E-state index in [4.69, 9.17) is 16.3 Å². The van der Waals surface area contributed by atoms with Crippen molar-refractivity contribution in [3.05, 3.63) is 68.7 Å². The predicted octanol–water partition coefficient (Wildman–Crippen LogP) is 3.75. The van der Waals surface area contributed by atoms with Crippen LogP contribution in [-0.4, -0.2) is 17.9 Å². The van der Waals surface area contributed by atoms with Crippen LogP contribution in [0.3, 0.4) is 0 Å². The number of nitro benzene ring substituents is 1. The van der Waals surface area contributed by atoms with Crippen molar-refractivity contribution in [2.75, 3.05) is 7.11 Å². The molecule has 7 heteroatoms. The van der Waals surface area contributed by atoms with Gasteiger partial charge in [0.05, 0.1) is 28.7 Å². The normalized spacial score (nSPS) is 11.6. The van der Waals surface area contributed by atoms with Gasteiger partial charge in [-0.25, -0.2) is 0 Å². The zero-order valence-corrected chi connectivity index (χ0v) is 13.3. The summed E-state index contributed by atoms with van der Waals surface area (Å²) in [5.41, 5.74) is 0.838. The summed E-state index contributed by atoms with van der Waals surface area (Å²) in [6.45, 7) is 1.81. The van der Waals surface area contributed by atoms with E-state index >= 15 is 0 Å². The topological polar surface area (TPSA) is 81.5 Å². The van der Waals surface area contributed by atoms with E-state index in [1.54, 1.807) is 13.2 Å². The number of ether oxygens (including phenoxy) is 1. The van der Waals surface area contributed by atoms with Gasteiger partial charge in [-0.2, -0.15) is 0 Å². The zero-order valence-electron chi connectivity index (χ0n) is 12.6. The van der Waals surface area contributed by atoms with Gasteiger partial charge >= 0.3 is 0 Å². The molecule has 1 N–H and O–H groups in total. The van der Waals surface area contributed by atoms with E-state index in [-0.39, 0.29) is 22.3 Å². The largest absolute Gasteiger partial charge is 0.496 e. The molecule has 1 atom stereocenters. The van der Waals surface area contributed by atoms with Gasteiger partial charge in [-0.3, -0.25) is 14.9 Å². The maximum atomic E-state index is 12.3. The third-order valence-electron chi connectivity index (χ3n) is 3.36. The Morgan fingerprint density at radius 1 is 1.30 bits per heavy atom. The minimum absolute atomic E-state index is 0.0314. The SMILES string of the molecule is COc1ccccc1C(C)NC(=O)c1ccc([N+](=O)[O-])cc1Cl. The summed E-state index contributed by atoms with van der Waals surface area (Å²) in [5.74, 6) is 0.249. The molecule has 0 heterocycles. The number of carbonyl (C=O) groups is 1. The van der Waals surface area contributed by atoms with Gasteiger partial charge in [0.1, 0.15) is 5.75 Å². The first-order valence-electron chi connectivity index (χ1n) is 6.81. The molecule has 0 spiro atoms. The molecule has 0 aromatic heterocycles. The Morgan fingerprint density at radius 3 is 2.61 bits per heavy atom. The Balaban J connectivity index is 2.20. The second kappa shape index (κ2) is 7.11. The number of amides is 1. The fraction of sp³-hybridized carbons (Fsp3) is 0.188. The molecule has 0 fully saturated rings. The third-order valence-corrected chi connectivity index (χ3v) is 3.67. The number of halogens is 1. The molecular weight excluding hydrogens is 320 g/mol. The highest BCUT2D eigenvalue weighted by atomic mass is 35.5. The van der Waals surface area contributed by atoms with Gasteiger partial charge in [0.25, 0.3) is 11.6 Å². The number of nitrogens with zero attached hydrogens (tertiary/aromatic N) is 1. The van der Waals surface area contributed by atoms with Crippen LogP contribution in [0.4, 0.5) is 5.69 Å². The molecule has 2 rings (SSSR count). The molecule has 6 nitrogen and oxygen atoms in total. The van der Waals surface area contributed by atoms with Crippen LogP contribution in [0.25, 0.3) is 0 Å². The number of non-ortho nitro benzene ring substituents is 1. The van der Waals surface area contributed by atoms with E-state index in [0.717, 1.165) is 11.6 Å². The molecule has 1 unspecified atom stereocenters. The van der Waals surface area contributed by atoms with Gasteiger partial charge in [0.2, 0.25) is 0 Å². The molecule has 2 aromatic carbocycles. The van der Waals surface area contributed by atoms with Gasteiger partial charge < -0.3 is 10.1 Å². The summed E-state index contributed by atoms with van der Waals surface area (Å²) in [5, 5.41) is 13.5. The summed E-state index contributed by atoms with van der Waals surface area (Å²) in [6.07, 6.45) is 0. The Morgan fingerprint density at radius 2 is 2.00 bits per heavy atom. The lowest BCUT2D eigenvalue weighted by molar-refractivity contribution is -0.384. The molecule has 2 aromatic rings. The van der Waals surface area contributed by atoms with Crippen molar-refractivity contribution in [2.45, 2.75) is 13.0 Å². The van der Waals surface area contributed by atoms with Crippen LogP contribution in [0.15, 0.2) is 42.5 Å². The van der Waals surface area contributed by atoms with Crippen LogP contribution in [0, 0.1) is 10.1 Å². The number of nitrogens with one attached hydrogen (secondary N) is 1. The van der Waals surface area contributed by atoms with Gasteiger partial charge in [0.15, 0.2) is 0 Å². The van der Waals surface area contributed by atoms with E-state index in [2.05, 4.69) is 5.32 Å². The van der Waals surface area contributed by atoms with Gasteiger partial charge in [-0.05, 0) is 19.1 Å². The Bertz CT molecular complexity index is 749. The molecule has 0 saturated heterocycles. The highest BCUT2D eigenvalue weighted by molar-refractivity contribution is 6.34. The number of hydrogen-bond acceptors (Lipinski definition) is 4. The van der Waals surface area contributed by atoms with Crippen LogP contribution < -0.4 is 10.1 Å². The third kappa shape index (κ3) is 3.78. The Hall–Kier alpha value is -2.60. The van der Waals surface area contributed by atoms with E-state index in [1.165, 1.54) is 12.1 Å². The monoisotopic (exact) mass is 334 g/mol. The first kappa shape index (κ1) is 16.8. The second-order valence-corrected chi connectivity index (χ2v) is 5.27. The number of benzene rings is 2. The van der Waals surface area contributed by atoms with Crippen LogP contribution in [0.5, 0.6) is 5.75 Å². The molecule has 1 amide bonds. The van der Waals surface area contributed by atoms with Gasteiger partial charge in [0, 0.05) is 17.7 Å². The lowest BCUT2D eigenvalue weighted by Gasteiger charge is -2.17. The van der Waals surface area contributed by atoms with Crippen LogP contribution >= 0.6 is 11.6 Å². The molecule has 0 aliphatic carbocycles. The number of methoxy groups -OCH3 is 1. The molecule has 0 aliphatic heterocycles. The van der Waals surface area contributed by atoms with Crippen molar-refractivity contribution in [1.82, 2.24) is 5.32 Å². The smallest absolute Gasteiger partial charge is 0.270 e. The number of para-hydroxylation sites is 1. The number of carbonyl (C=O) groups excluding carboxylic acids is 1. The summed E-state index contributed by atoms with van der Waals surface area (Å²) in [7, 11) is 1.56. The fourth-order valence-electron chi connectivity index (χ4n) is 2.18. The van der Waals surface area contributed by atoms with Crippen molar-refractivity contribution in [2.24, 2.45) is 0 Å². The standard InChI is InChI=1S/C16H15ClN2O4/c1-10(12-5-3-4-6-15(12)23-2)18-16(20)13-8-7-11(19(21)22)9-14(13)17/h3-10H,1-2H3,(H,18,20). The van der Waals surface area contributed by atoms with Crippen LogP contribution in [0.2, 0.25) is 5.02 Å². The van der Waals surface area contributed by atoms with Crippen molar-refractivity contribution < 1.29 is 14.5 Å². The molecular formula is C16H15ClN2O4. The van der Waals surface area contributed by atoms with Gasteiger partial charge in [-0.15, -0.1) is 0 Å². The van der Waals surface area contributed by atoms with Crippen molar-refractivity contribution in [1.29, 1.82) is 0 Å². The summed E-state index contributed by atoms with van der Waals surface area (Å²) >= 11 is 5.97. The number of hydrogen-bond donors (Lipinski definition) is 1. The van der Waals surface area contributed by atoms with Crippen molar-refractivity contribution >= 4 is 23.2 Å². The van der Waals surface area contributed by atoms with Crippen LogP contribution in [-0.2, 0) is 0 Å². The minimum atomic E-state index is -0.564. The van der Waals surface area contributed by atoms with E-state index in [1.807, 2.05) is 25.1 Å². The zero-order chi connectivity index (χ0) is 17.0. The lowest BCUT2D eigenvalue weighted by Crippen LogP contribution is -2.27. The summed E-state index contributed by atoms with van der Waals surface area (Å²) < 4.78 is 5.27. The average Bonchev–Trinajstić information content (AvgIpc) is 2.54. The first-order chi connectivity index (χ1) is 10.9. The molecule has 0 radical (unpaired) electrons. The Kier molecular flexibility index (Phi) is 5.18. The lowest BCUT2D eigenvalue weighted by atomic mass is 10.1. The highest BCUT2D eigenvalue weighted by Crippen LogP contribution is 2.26. The van der Waals surface area contributed by atoms with Gasteiger partial charge in [-0.1, -0.05) is 29.8 Å². The quantitative estimate of drug-likeness (QED) is 0.667. The molecule has 120 valence electrons. The minimum Gasteiger partial charge on any atom is -0.496 e. The maximum absolute atomic E-state index is 12.3. The average molecular weight is 335 g/mol. The molecule has 0 bridgehead atoms. The van der Waals surface area contributed by atoms with Crippen molar-refractivity contribution in [3.63, 3.8) is 0 Å². The molecule has 0 aliphatic rings. The highest BCUT2D eigenvalue weighted by Gasteiger charge is 2.18. The molecule has 23 heavy (non-hydrogen) atoms. The van der Waals surface area contributed by atoms with E-state index in [9.17, 15) is 14.9 Å². The summed E-state index contributed by atoms with van der Waals surface area (Å²) in [6, 6.07) is 10.8. The van der Waals surface area contributed by atoms with E-state index in [0.29, 0.717) is 5.75 Å². The predicted molar refractivity (Wildman–Crippen MR) is 87.0 cm³/mol. The maximum Gasteiger partial charge on any atom is 0.270 e. The molecule has 0 saturated carbocycles. The Labute approximate surface area is 138 Å². The number of rotatable bonds is 5. The van der Waals surface area contributed by atoms with Crippen molar-refractivity contribution in [3.8, 4) is 5.75 Å². The van der Waals surface area contributed by atoms with Crippen LogP contribution in [0.1, 0.15) is 28.9 Å². The fourth-order valence-corrected chi connectivity index (χ4v) is 2.44. The van der Waals surface area contributed by atoms with E-state index < -0.39 is 10.8 Å². The number of nitro groups is 1. The first-order valence-corrected chi connectivity index (χ1v) is 7.19. The second-order valence-electron chi connectivity index (χ2n) is 4.86.